The molecule has 0 spiro atoms. The Kier molecular flexibility index (Phi) is 4.61. The SMILES string of the molecule is CCc1cccc(Nc2nc(Nc3cc[nH]n3)cc3cc(OC)ccc23)c1. The molecule has 3 N–H and O–H groups in total. The first-order chi connectivity index (χ1) is 13.2. The molecule has 4 rings (SSSR count). The molecule has 2 aromatic heterocycles. The number of benzene rings is 2. The molecule has 0 fully saturated rings. The van der Waals surface area contributed by atoms with Crippen LogP contribution in [0.2, 0.25) is 0 Å². The fourth-order valence-electron chi connectivity index (χ4n) is 2.99. The van der Waals surface area contributed by atoms with Crippen LogP contribution in [-0.4, -0.2) is 22.3 Å². The van der Waals surface area contributed by atoms with Gasteiger partial charge >= 0.3 is 0 Å². The molecule has 136 valence electrons. The summed E-state index contributed by atoms with van der Waals surface area (Å²) in [5, 5.41) is 15.7. The van der Waals surface area contributed by atoms with Gasteiger partial charge in [0.15, 0.2) is 5.82 Å². The van der Waals surface area contributed by atoms with Crippen molar-refractivity contribution in [2.45, 2.75) is 13.3 Å². The lowest BCUT2D eigenvalue weighted by atomic mass is 10.1. The summed E-state index contributed by atoms with van der Waals surface area (Å²) in [5.41, 5.74) is 2.28. The highest BCUT2D eigenvalue weighted by Crippen LogP contribution is 2.31. The molecule has 0 bridgehead atoms. The van der Waals surface area contributed by atoms with Crippen molar-refractivity contribution in [1.29, 1.82) is 0 Å². The second-order valence-corrected chi connectivity index (χ2v) is 6.21. The van der Waals surface area contributed by atoms with Crippen molar-refractivity contribution in [3.8, 4) is 5.75 Å². The molecule has 0 atom stereocenters. The zero-order chi connectivity index (χ0) is 18.6. The molecule has 4 aromatic rings. The fourth-order valence-corrected chi connectivity index (χ4v) is 2.99. The summed E-state index contributed by atoms with van der Waals surface area (Å²) < 4.78 is 5.38. The van der Waals surface area contributed by atoms with E-state index in [0.717, 1.165) is 34.4 Å². The van der Waals surface area contributed by atoms with E-state index >= 15 is 0 Å². The third-order valence-electron chi connectivity index (χ3n) is 4.39. The monoisotopic (exact) mass is 359 g/mol. The number of pyridine rings is 1. The van der Waals surface area contributed by atoms with Crippen molar-refractivity contribution in [2.75, 3.05) is 17.7 Å². The minimum atomic E-state index is 0.706. The van der Waals surface area contributed by atoms with Gasteiger partial charge in [0, 0.05) is 23.3 Å². The lowest BCUT2D eigenvalue weighted by Gasteiger charge is -2.13. The van der Waals surface area contributed by atoms with Gasteiger partial charge in [-0.2, -0.15) is 5.10 Å². The lowest BCUT2D eigenvalue weighted by Crippen LogP contribution is -2.00. The Balaban J connectivity index is 1.78. The molecule has 0 aliphatic heterocycles. The van der Waals surface area contributed by atoms with E-state index in [1.807, 2.05) is 36.4 Å². The van der Waals surface area contributed by atoms with Gasteiger partial charge in [0.05, 0.1) is 7.11 Å². The molecule has 0 aliphatic rings. The third-order valence-corrected chi connectivity index (χ3v) is 4.39. The number of anilines is 4. The standard InChI is InChI=1S/C21H21N5O/c1-3-14-5-4-6-16(11-14)23-21-18-8-7-17(27-2)12-15(18)13-20(25-21)24-19-9-10-22-26-19/h4-13H,3H2,1-2H3,(H3,22,23,24,25,26). The van der Waals surface area contributed by atoms with Gasteiger partial charge in [0.1, 0.15) is 17.4 Å². The first-order valence-corrected chi connectivity index (χ1v) is 8.86. The van der Waals surface area contributed by atoms with Crippen LogP contribution in [0.1, 0.15) is 12.5 Å². The largest absolute Gasteiger partial charge is 0.497 e. The number of fused-ring (bicyclic) bond motifs is 1. The van der Waals surface area contributed by atoms with Crippen LogP contribution in [0.3, 0.4) is 0 Å². The van der Waals surface area contributed by atoms with Crippen LogP contribution in [0.5, 0.6) is 5.75 Å². The van der Waals surface area contributed by atoms with Gasteiger partial charge < -0.3 is 15.4 Å². The maximum absolute atomic E-state index is 5.38. The molecule has 0 saturated heterocycles. The van der Waals surface area contributed by atoms with Crippen molar-refractivity contribution >= 4 is 33.9 Å². The highest BCUT2D eigenvalue weighted by atomic mass is 16.5. The predicted molar refractivity (Wildman–Crippen MR) is 109 cm³/mol. The smallest absolute Gasteiger partial charge is 0.153 e. The van der Waals surface area contributed by atoms with E-state index in [-0.39, 0.29) is 0 Å². The Morgan fingerprint density at radius 1 is 1.00 bits per heavy atom. The number of hydrogen-bond acceptors (Lipinski definition) is 5. The Morgan fingerprint density at radius 2 is 1.93 bits per heavy atom. The van der Waals surface area contributed by atoms with Gasteiger partial charge in [-0.3, -0.25) is 5.10 Å². The van der Waals surface area contributed by atoms with Crippen LogP contribution in [0.4, 0.5) is 23.1 Å². The molecule has 27 heavy (non-hydrogen) atoms. The lowest BCUT2D eigenvalue weighted by molar-refractivity contribution is 0.415. The zero-order valence-electron chi connectivity index (χ0n) is 15.3. The number of H-pyrrole nitrogens is 1. The van der Waals surface area contributed by atoms with Crippen molar-refractivity contribution in [3.63, 3.8) is 0 Å². The minimum absolute atomic E-state index is 0.706. The number of aryl methyl sites for hydroxylation is 1. The second kappa shape index (κ2) is 7.37. The Morgan fingerprint density at radius 3 is 2.70 bits per heavy atom. The van der Waals surface area contributed by atoms with Crippen LogP contribution < -0.4 is 15.4 Å². The van der Waals surface area contributed by atoms with Gasteiger partial charge in [-0.25, -0.2) is 4.98 Å². The second-order valence-electron chi connectivity index (χ2n) is 6.21. The summed E-state index contributed by atoms with van der Waals surface area (Å²) in [5.74, 6) is 3.00. The molecule has 0 radical (unpaired) electrons. The highest BCUT2D eigenvalue weighted by molar-refractivity contribution is 5.96. The number of nitrogens with zero attached hydrogens (tertiary/aromatic N) is 2. The highest BCUT2D eigenvalue weighted by Gasteiger charge is 2.09. The number of nitrogens with one attached hydrogen (secondary N) is 3. The topological polar surface area (TPSA) is 74.9 Å². The van der Waals surface area contributed by atoms with Gasteiger partial charge in [0.25, 0.3) is 0 Å². The van der Waals surface area contributed by atoms with Crippen LogP contribution >= 0.6 is 0 Å². The normalized spacial score (nSPS) is 10.7. The Hall–Kier alpha value is -3.54. The van der Waals surface area contributed by atoms with Gasteiger partial charge in [-0.15, -0.1) is 0 Å². The van der Waals surface area contributed by atoms with Crippen molar-refractivity contribution in [1.82, 2.24) is 15.2 Å². The zero-order valence-corrected chi connectivity index (χ0v) is 15.3. The van der Waals surface area contributed by atoms with Crippen molar-refractivity contribution in [2.24, 2.45) is 0 Å². The molecule has 2 aromatic carbocycles. The third kappa shape index (κ3) is 3.69. The van der Waals surface area contributed by atoms with Gasteiger partial charge in [0.2, 0.25) is 0 Å². The number of rotatable bonds is 6. The van der Waals surface area contributed by atoms with Crippen molar-refractivity contribution in [3.05, 3.63) is 66.4 Å². The summed E-state index contributed by atoms with van der Waals surface area (Å²) in [6, 6.07) is 18.2. The molecular formula is C21H21N5O. The molecule has 0 aliphatic carbocycles. The quantitative estimate of drug-likeness (QED) is 0.451. The molecule has 0 saturated carbocycles. The Bertz CT molecular complexity index is 1060. The van der Waals surface area contributed by atoms with E-state index in [9.17, 15) is 0 Å². The van der Waals surface area contributed by atoms with E-state index in [2.05, 4.69) is 46.0 Å². The van der Waals surface area contributed by atoms with E-state index in [1.165, 1.54) is 5.56 Å². The number of aromatic nitrogens is 3. The van der Waals surface area contributed by atoms with E-state index < -0.39 is 0 Å². The van der Waals surface area contributed by atoms with Crippen LogP contribution in [0.25, 0.3) is 10.8 Å². The van der Waals surface area contributed by atoms with Gasteiger partial charge in [-0.05, 0) is 53.8 Å². The van der Waals surface area contributed by atoms with E-state index in [4.69, 9.17) is 9.72 Å². The number of methoxy groups -OCH3 is 1. The van der Waals surface area contributed by atoms with Gasteiger partial charge in [-0.1, -0.05) is 19.1 Å². The Labute approximate surface area is 157 Å². The predicted octanol–water partition coefficient (Wildman–Crippen LogP) is 5.02. The maximum atomic E-state index is 5.38. The summed E-state index contributed by atoms with van der Waals surface area (Å²) >= 11 is 0. The van der Waals surface area contributed by atoms with Crippen LogP contribution in [-0.2, 0) is 6.42 Å². The number of hydrogen-bond donors (Lipinski definition) is 3. The van der Waals surface area contributed by atoms with E-state index in [1.54, 1.807) is 13.3 Å². The minimum Gasteiger partial charge on any atom is -0.497 e. The van der Waals surface area contributed by atoms with E-state index in [0.29, 0.717) is 11.6 Å². The first-order valence-electron chi connectivity index (χ1n) is 8.86. The molecular weight excluding hydrogens is 338 g/mol. The summed E-state index contributed by atoms with van der Waals surface area (Å²) in [6.07, 6.45) is 2.75. The number of ether oxygens (including phenoxy) is 1. The summed E-state index contributed by atoms with van der Waals surface area (Å²) in [4.78, 5) is 4.77. The molecule has 0 unspecified atom stereocenters. The first kappa shape index (κ1) is 16.9. The summed E-state index contributed by atoms with van der Waals surface area (Å²) in [6.45, 7) is 2.15. The van der Waals surface area contributed by atoms with Crippen molar-refractivity contribution < 1.29 is 4.74 Å². The average Bonchev–Trinajstić information content (AvgIpc) is 3.20. The molecule has 2 heterocycles. The molecule has 6 nitrogen and oxygen atoms in total. The fraction of sp³-hybridized carbons (Fsp3) is 0.143. The van der Waals surface area contributed by atoms with Crippen LogP contribution in [0, 0.1) is 0 Å². The van der Waals surface area contributed by atoms with Crippen LogP contribution in [0.15, 0.2) is 60.8 Å². The average molecular weight is 359 g/mol. The number of aromatic amines is 1. The summed E-state index contributed by atoms with van der Waals surface area (Å²) in [7, 11) is 1.67. The molecule has 0 amide bonds. The maximum Gasteiger partial charge on any atom is 0.153 e. The molecule has 6 heteroatoms.